The fourth-order valence-electron chi connectivity index (χ4n) is 2.71. The molecule has 1 unspecified atom stereocenters. The average Bonchev–Trinajstić information content (AvgIpc) is 2.81. The summed E-state index contributed by atoms with van der Waals surface area (Å²) in [6.45, 7) is 0.141. The highest BCUT2D eigenvalue weighted by Crippen LogP contribution is 2.41. The van der Waals surface area contributed by atoms with Crippen molar-refractivity contribution in [1.29, 1.82) is 0 Å². The number of ether oxygens (including phenoxy) is 2. The highest BCUT2D eigenvalue weighted by Gasteiger charge is 2.59. The van der Waals surface area contributed by atoms with E-state index in [0.29, 0.717) is 0 Å². The van der Waals surface area contributed by atoms with Crippen molar-refractivity contribution in [3.05, 3.63) is 34.7 Å². The van der Waals surface area contributed by atoms with Crippen molar-refractivity contribution in [2.45, 2.75) is 30.1 Å². The van der Waals surface area contributed by atoms with Crippen LogP contribution in [0.2, 0.25) is 0 Å². The molecule has 0 aromatic carbocycles. The molecule has 2 aliphatic rings. The van der Waals surface area contributed by atoms with Crippen LogP contribution in [0, 0.1) is 0 Å². The summed E-state index contributed by atoms with van der Waals surface area (Å²) in [5.74, 6) is 0. The van der Waals surface area contributed by atoms with Gasteiger partial charge in [-0.25, -0.2) is 0 Å². The van der Waals surface area contributed by atoms with Crippen LogP contribution in [0.3, 0.4) is 0 Å². The van der Waals surface area contributed by atoms with Crippen molar-refractivity contribution in [3.8, 4) is 0 Å². The minimum Gasteiger partial charge on any atom is -0.388 e. The van der Waals surface area contributed by atoms with Gasteiger partial charge in [0.2, 0.25) is 0 Å². The number of nitrogens with zero attached hydrogens (tertiary/aromatic N) is 1. The number of aromatic nitrogens is 1. The molecule has 0 aliphatic carbocycles. The van der Waals surface area contributed by atoms with Crippen LogP contribution < -0.4 is 11.3 Å². The molecule has 2 saturated heterocycles. The summed E-state index contributed by atoms with van der Waals surface area (Å²) in [7, 11) is 0. The monoisotopic (exact) mass is 268 g/mol. The van der Waals surface area contributed by atoms with Gasteiger partial charge in [0.25, 0.3) is 5.56 Å². The van der Waals surface area contributed by atoms with Gasteiger partial charge in [-0.2, -0.15) is 0 Å². The molecule has 3 heterocycles. The lowest BCUT2D eigenvalue weighted by atomic mass is 9.88. The number of aliphatic hydroxyl groups excluding tert-OH is 2. The molecule has 2 bridgehead atoms. The van der Waals surface area contributed by atoms with Gasteiger partial charge in [-0.3, -0.25) is 4.79 Å². The number of hydrogen-bond donors (Lipinski definition) is 3. The maximum absolute atomic E-state index is 11.8. The van der Waals surface area contributed by atoms with Crippen molar-refractivity contribution < 1.29 is 19.7 Å². The van der Waals surface area contributed by atoms with Gasteiger partial charge in [-0.05, 0) is 6.07 Å². The Hall–Kier alpha value is -1.25. The maximum atomic E-state index is 11.8. The second-order valence-electron chi connectivity index (χ2n) is 4.94. The molecular weight excluding hydrogens is 252 g/mol. The molecule has 2 aliphatic heterocycles. The molecule has 1 aromatic heterocycles. The lowest BCUT2D eigenvalue weighted by molar-refractivity contribution is -0.231. The Bertz CT molecular complexity index is 533. The Labute approximate surface area is 109 Å². The third-order valence-electron chi connectivity index (χ3n) is 3.85. The van der Waals surface area contributed by atoms with Gasteiger partial charge in [0.05, 0.1) is 6.61 Å². The van der Waals surface area contributed by atoms with E-state index in [1.807, 2.05) is 0 Å². The largest absolute Gasteiger partial charge is 0.388 e. The summed E-state index contributed by atoms with van der Waals surface area (Å²) in [5.41, 5.74) is 4.22. The number of nitrogens with two attached hydrogens (primary N) is 1. The summed E-state index contributed by atoms with van der Waals surface area (Å²) in [5, 5.41) is 20.5. The van der Waals surface area contributed by atoms with Gasteiger partial charge in [-0.1, -0.05) is 6.07 Å². The second kappa shape index (κ2) is 4.39. The first-order valence-corrected chi connectivity index (χ1v) is 6.12. The van der Waals surface area contributed by atoms with Crippen LogP contribution >= 0.6 is 0 Å². The molecule has 19 heavy (non-hydrogen) atoms. The number of hydrogen-bond acceptors (Lipinski definition) is 6. The number of fused-ring (bicyclic) bond motifs is 2. The highest BCUT2D eigenvalue weighted by molar-refractivity contribution is 5.08. The lowest BCUT2D eigenvalue weighted by Crippen LogP contribution is -2.62. The quantitative estimate of drug-likeness (QED) is 0.584. The van der Waals surface area contributed by atoms with Crippen molar-refractivity contribution in [2.75, 3.05) is 13.2 Å². The van der Waals surface area contributed by atoms with Gasteiger partial charge < -0.3 is 30.0 Å². The maximum Gasteiger partial charge on any atom is 0.251 e. The molecule has 7 heteroatoms. The fraction of sp³-hybridized carbons (Fsp3) is 0.583. The van der Waals surface area contributed by atoms with E-state index in [0.717, 1.165) is 0 Å². The van der Waals surface area contributed by atoms with E-state index in [4.69, 9.17) is 15.2 Å². The normalized spacial score (nSPS) is 41.4. The van der Waals surface area contributed by atoms with Crippen molar-refractivity contribution in [2.24, 2.45) is 5.73 Å². The van der Waals surface area contributed by atoms with E-state index in [-0.39, 0.29) is 18.7 Å². The Morgan fingerprint density at radius 1 is 1.47 bits per heavy atom. The molecule has 0 saturated carbocycles. The molecule has 7 nitrogen and oxygen atoms in total. The first kappa shape index (κ1) is 12.8. The molecule has 3 rings (SSSR count). The van der Waals surface area contributed by atoms with Crippen LogP contribution in [0.25, 0.3) is 0 Å². The van der Waals surface area contributed by atoms with Crippen LogP contribution in [0.5, 0.6) is 0 Å². The Balaban J connectivity index is 2.01. The van der Waals surface area contributed by atoms with E-state index in [2.05, 4.69) is 0 Å². The molecule has 1 aromatic rings. The molecule has 0 radical (unpaired) electrons. The van der Waals surface area contributed by atoms with Crippen LogP contribution in [0.4, 0.5) is 0 Å². The summed E-state index contributed by atoms with van der Waals surface area (Å²) < 4.78 is 12.4. The van der Waals surface area contributed by atoms with Crippen molar-refractivity contribution in [1.82, 2.24) is 4.57 Å². The van der Waals surface area contributed by atoms with Crippen LogP contribution in [-0.2, 0) is 9.47 Å². The second-order valence-corrected chi connectivity index (χ2v) is 4.94. The standard InChI is InChI=1S/C12H16N2O5/c13-5-12-6-18-11(19-12)8(9(16)10(12)17)14-4-2-1-3-7(14)15/h1-4,8-11,16-17H,5-6,13H2/t8-,9-,10-,11?,12+/m1/s1. The molecule has 4 N–H and O–H groups in total. The summed E-state index contributed by atoms with van der Waals surface area (Å²) in [6, 6.07) is 3.86. The SMILES string of the molecule is NC[C@@]12COC(O1)[C@H](n1ccccc1=O)[C@@H](O)[C@H]2O. The Kier molecular flexibility index (Phi) is 2.95. The Morgan fingerprint density at radius 3 is 2.95 bits per heavy atom. The molecule has 2 fully saturated rings. The molecule has 0 spiro atoms. The minimum atomic E-state index is -1.20. The zero-order chi connectivity index (χ0) is 13.6. The van der Waals surface area contributed by atoms with E-state index < -0.39 is 30.1 Å². The van der Waals surface area contributed by atoms with Gasteiger partial charge >= 0.3 is 0 Å². The number of aliphatic hydroxyl groups is 2. The summed E-state index contributed by atoms with van der Waals surface area (Å²) in [4.78, 5) is 11.8. The van der Waals surface area contributed by atoms with Crippen molar-refractivity contribution >= 4 is 0 Å². The first-order chi connectivity index (χ1) is 9.09. The number of pyridine rings is 1. The predicted molar refractivity (Wildman–Crippen MR) is 64.4 cm³/mol. The summed E-state index contributed by atoms with van der Waals surface area (Å²) in [6.07, 6.45) is -1.64. The van der Waals surface area contributed by atoms with Gasteiger partial charge in [0.15, 0.2) is 6.29 Å². The Morgan fingerprint density at radius 2 is 2.26 bits per heavy atom. The predicted octanol–water partition coefficient (Wildman–Crippen LogP) is -1.80. The number of rotatable bonds is 2. The molecule has 0 amide bonds. The molecular formula is C12H16N2O5. The van der Waals surface area contributed by atoms with Gasteiger partial charge in [-0.15, -0.1) is 0 Å². The third-order valence-corrected chi connectivity index (χ3v) is 3.85. The zero-order valence-corrected chi connectivity index (χ0v) is 10.2. The first-order valence-electron chi connectivity index (χ1n) is 6.12. The smallest absolute Gasteiger partial charge is 0.251 e. The van der Waals surface area contributed by atoms with E-state index >= 15 is 0 Å². The highest BCUT2D eigenvalue weighted by atomic mass is 16.7. The molecule has 5 atom stereocenters. The van der Waals surface area contributed by atoms with Crippen molar-refractivity contribution in [3.63, 3.8) is 0 Å². The molecule has 104 valence electrons. The van der Waals surface area contributed by atoms with Crippen LogP contribution in [-0.4, -0.2) is 52.0 Å². The van der Waals surface area contributed by atoms with Crippen LogP contribution in [0.15, 0.2) is 29.2 Å². The minimum absolute atomic E-state index is 0.0398. The average molecular weight is 268 g/mol. The van der Waals surface area contributed by atoms with E-state index in [1.165, 1.54) is 16.8 Å². The van der Waals surface area contributed by atoms with Gasteiger partial charge in [0, 0.05) is 18.8 Å². The fourth-order valence-corrected chi connectivity index (χ4v) is 2.71. The van der Waals surface area contributed by atoms with E-state index in [9.17, 15) is 15.0 Å². The topological polar surface area (TPSA) is 107 Å². The van der Waals surface area contributed by atoms with E-state index in [1.54, 1.807) is 12.1 Å². The zero-order valence-electron chi connectivity index (χ0n) is 10.2. The lowest BCUT2D eigenvalue weighted by Gasteiger charge is -2.42. The summed E-state index contributed by atoms with van der Waals surface area (Å²) >= 11 is 0. The van der Waals surface area contributed by atoms with Gasteiger partial charge in [0.1, 0.15) is 23.9 Å². The third kappa shape index (κ3) is 1.74. The van der Waals surface area contributed by atoms with Crippen LogP contribution in [0.1, 0.15) is 6.04 Å².